The minimum absolute atomic E-state index is 0.104. The third kappa shape index (κ3) is 3.20. The predicted octanol–water partition coefficient (Wildman–Crippen LogP) is 2.64. The molecule has 4 aliphatic rings. The number of morpholine rings is 1. The molecule has 1 aliphatic carbocycles. The van der Waals surface area contributed by atoms with Crippen molar-refractivity contribution in [3.05, 3.63) is 23.8 Å². The lowest BCUT2D eigenvalue weighted by molar-refractivity contribution is -0.117. The number of nitrogens with zero attached hydrogens (tertiary/aromatic N) is 2. The molecule has 2 amide bonds. The molecule has 6 nitrogen and oxygen atoms in total. The minimum Gasteiger partial charge on any atom is -0.377 e. The van der Waals surface area contributed by atoms with Crippen LogP contribution in [0, 0.1) is 5.92 Å². The van der Waals surface area contributed by atoms with Crippen LogP contribution in [0.25, 0.3) is 0 Å². The molecule has 2 unspecified atom stereocenters. The summed E-state index contributed by atoms with van der Waals surface area (Å²) >= 11 is 0. The van der Waals surface area contributed by atoms with Crippen molar-refractivity contribution >= 4 is 23.2 Å². The van der Waals surface area contributed by atoms with E-state index in [9.17, 15) is 9.59 Å². The normalized spacial score (nSPS) is 27.1. The number of fused-ring (bicyclic) bond motifs is 2. The first-order valence-electron chi connectivity index (χ1n) is 10.3. The van der Waals surface area contributed by atoms with Gasteiger partial charge in [-0.1, -0.05) is 0 Å². The molecular formula is C21H27N3O3. The Hall–Kier alpha value is -2.08. The predicted molar refractivity (Wildman–Crippen MR) is 103 cm³/mol. The maximum absolute atomic E-state index is 13.4. The van der Waals surface area contributed by atoms with Crippen molar-refractivity contribution in [2.45, 2.75) is 50.6 Å². The Labute approximate surface area is 159 Å². The monoisotopic (exact) mass is 369 g/mol. The molecule has 4 fully saturated rings. The molecule has 3 heterocycles. The smallest absolute Gasteiger partial charge is 0.256 e. The Morgan fingerprint density at radius 2 is 1.70 bits per heavy atom. The summed E-state index contributed by atoms with van der Waals surface area (Å²) in [7, 11) is 0. The van der Waals surface area contributed by atoms with Crippen LogP contribution in [-0.2, 0) is 9.53 Å². The number of rotatable bonds is 4. The fourth-order valence-electron chi connectivity index (χ4n) is 4.70. The summed E-state index contributed by atoms with van der Waals surface area (Å²) in [5.41, 5.74) is 2.53. The van der Waals surface area contributed by atoms with Gasteiger partial charge in [-0.05, 0) is 56.7 Å². The van der Waals surface area contributed by atoms with Crippen LogP contribution in [0.1, 0.15) is 48.9 Å². The van der Waals surface area contributed by atoms with Crippen LogP contribution in [-0.4, -0.2) is 55.1 Å². The highest BCUT2D eigenvalue weighted by atomic mass is 16.5. The first-order chi connectivity index (χ1) is 13.2. The van der Waals surface area contributed by atoms with E-state index in [0.29, 0.717) is 13.2 Å². The fraction of sp³-hybridized carbons (Fsp3) is 0.619. The van der Waals surface area contributed by atoms with Crippen LogP contribution in [0.4, 0.5) is 11.4 Å². The Kier molecular flexibility index (Phi) is 4.31. The highest BCUT2D eigenvalue weighted by Crippen LogP contribution is 2.35. The Morgan fingerprint density at radius 1 is 1.00 bits per heavy atom. The van der Waals surface area contributed by atoms with Gasteiger partial charge in [-0.15, -0.1) is 0 Å². The molecule has 2 atom stereocenters. The van der Waals surface area contributed by atoms with E-state index in [-0.39, 0.29) is 29.8 Å². The summed E-state index contributed by atoms with van der Waals surface area (Å²) in [5, 5.41) is 3.03. The van der Waals surface area contributed by atoms with Crippen LogP contribution in [0.5, 0.6) is 0 Å². The van der Waals surface area contributed by atoms with Gasteiger partial charge in [0.2, 0.25) is 5.91 Å². The van der Waals surface area contributed by atoms with Gasteiger partial charge in [-0.3, -0.25) is 9.59 Å². The summed E-state index contributed by atoms with van der Waals surface area (Å²) in [6.45, 7) is 3.24. The van der Waals surface area contributed by atoms with Gasteiger partial charge in [0.05, 0.1) is 36.5 Å². The minimum atomic E-state index is 0.104. The lowest BCUT2D eigenvalue weighted by Crippen LogP contribution is -2.49. The molecule has 27 heavy (non-hydrogen) atoms. The number of nitrogens with one attached hydrogen (secondary N) is 1. The molecule has 0 spiro atoms. The van der Waals surface area contributed by atoms with Gasteiger partial charge in [0.1, 0.15) is 0 Å². The molecule has 0 radical (unpaired) electrons. The molecule has 3 saturated heterocycles. The quantitative estimate of drug-likeness (QED) is 0.886. The molecule has 1 aromatic carbocycles. The molecule has 3 aliphatic heterocycles. The molecule has 0 aromatic heterocycles. The van der Waals surface area contributed by atoms with E-state index in [1.807, 2.05) is 18.2 Å². The number of amides is 2. The van der Waals surface area contributed by atoms with E-state index in [2.05, 4.69) is 15.1 Å². The van der Waals surface area contributed by atoms with Gasteiger partial charge >= 0.3 is 0 Å². The molecular weight excluding hydrogens is 342 g/mol. The number of benzene rings is 1. The second kappa shape index (κ2) is 6.82. The average Bonchev–Trinajstić information content (AvgIpc) is 3.34. The lowest BCUT2D eigenvalue weighted by atomic mass is 10.1. The van der Waals surface area contributed by atoms with Crippen LogP contribution in [0.2, 0.25) is 0 Å². The summed E-state index contributed by atoms with van der Waals surface area (Å²) in [6.07, 6.45) is 6.34. The number of hydrogen-bond donors (Lipinski definition) is 1. The van der Waals surface area contributed by atoms with E-state index in [1.54, 1.807) is 0 Å². The Bertz CT molecular complexity index is 739. The number of carbonyl (C=O) groups excluding carboxylic acids is 2. The number of carbonyl (C=O) groups is 2. The summed E-state index contributed by atoms with van der Waals surface area (Å²) < 4.78 is 5.64. The average molecular weight is 369 g/mol. The Morgan fingerprint density at radius 3 is 2.37 bits per heavy atom. The molecule has 6 heteroatoms. The van der Waals surface area contributed by atoms with Gasteiger partial charge in [-0.25, -0.2) is 0 Å². The molecule has 2 bridgehead atoms. The van der Waals surface area contributed by atoms with Crippen LogP contribution in [0.15, 0.2) is 18.2 Å². The van der Waals surface area contributed by atoms with Crippen molar-refractivity contribution in [1.82, 2.24) is 4.90 Å². The molecule has 144 valence electrons. The van der Waals surface area contributed by atoms with E-state index in [4.69, 9.17) is 4.74 Å². The van der Waals surface area contributed by atoms with Crippen LogP contribution >= 0.6 is 0 Å². The van der Waals surface area contributed by atoms with Crippen molar-refractivity contribution in [2.24, 2.45) is 5.92 Å². The second-order valence-electron chi connectivity index (χ2n) is 8.32. The number of anilines is 2. The van der Waals surface area contributed by atoms with Gasteiger partial charge in [0, 0.05) is 24.7 Å². The summed E-state index contributed by atoms with van der Waals surface area (Å²) in [5.74, 6) is 0.394. The van der Waals surface area contributed by atoms with Gasteiger partial charge < -0.3 is 19.9 Å². The van der Waals surface area contributed by atoms with Crippen molar-refractivity contribution in [1.29, 1.82) is 0 Å². The third-order valence-corrected chi connectivity index (χ3v) is 6.37. The lowest BCUT2D eigenvalue weighted by Gasteiger charge is -2.35. The zero-order valence-electron chi connectivity index (χ0n) is 15.7. The highest BCUT2D eigenvalue weighted by molar-refractivity contribution is 6.02. The van der Waals surface area contributed by atoms with E-state index < -0.39 is 0 Å². The molecule has 1 aromatic rings. The molecule has 1 N–H and O–H groups in total. The maximum Gasteiger partial charge on any atom is 0.256 e. The largest absolute Gasteiger partial charge is 0.377 e. The first-order valence-corrected chi connectivity index (χ1v) is 10.3. The van der Waals surface area contributed by atoms with Crippen molar-refractivity contribution in [3.8, 4) is 0 Å². The molecule has 1 saturated carbocycles. The maximum atomic E-state index is 13.4. The van der Waals surface area contributed by atoms with Gasteiger partial charge in [0.15, 0.2) is 0 Å². The summed E-state index contributed by atoms with van der Waals surface area (Å²) in [6, 6.07) is 6.21. The second-order valence-corrected chi connectivity index (χ2v) is 8.32. The van der Waals surface area contributed by atoms with E-state index in [1.165, 1.54) is 0 Å². The fourth-order valence-corrected chi connectivity index (χ4v) is 4.70. The zero-order chi connectivity index (χ0) is 18.4. The van der Waals surface area contributed by atoms with Crippen molar-refractivity contribution < 1.29 is 14.3 Å². The van der Waals surface area contributed by atoms with Gasteiger partial charge in [-0.2, -0.15) is 0 Å². The van der Waals surface area contributed by atoms with Crippen molar-refractivity contribution in [3.63, 3.8) is 0 Å². The number of hydrogen-bond acceptors (Lipinski definition) is 4. The molecule has 5 rings (SSSR count). The van der Waals surface area contributed by atoms with Crippen molar-refractivity contribution in [2.75, 3.05) is 36.5 Å². The Balaban J connectivity index is 1.45. The van der Waals surface area contributed by atoms with Gasteiger partial charge in [0.25, 0.3) is 5.91 Å². The third-order valence-electron chi connectivity index (χ3n) is 6.37. The van der Waals surface area contributed by atoms with Crippen LogP contribution in [0.3, 0.4) is 0 Å². The summed E-state index contributed by atoms with van der Waals surface area (Å²) in [4.78, 5) is 30.0. The topological polar surface area (TPSA) is 61.9 Å². The number of ether oxygens (including phenoxy) is 1. The SMILES string of the molecule is O=C(Nc1ccc(C(=O)N2C3CCC2COC3)c(N2CCCC2)c1)C1CC1. The standard InChI is InChI=1S/C21H27N3O3/c25-20(14-3-4-14)22-15-5-8-18(19(11-15)23-9-1-2-10-23)21(26)24-16-6-7-17(24)13-27-12-16/h5,8,11,14,16-17H,1-4,6-7,9-10,12-13H2,(H,22,25). The zero-order valence-corrected chi connectivity index (χ0v) is 15.7. The first kappa shape index (κ1) is 17.0. The van der Waals surface area contributed by atoms with Crippen LogP contribution < -0.4 is 10.2 Å². The highest BCUT2D eigenvalue weighted by Gasteiger charge is 2.41. The van der Waals surface area contributed by atoms with E-state index in [0.717, 1.165) is 68.6 Å². The van der Waals surface area contributed by atoms with E-state index >= 15 is 0 Å².